The van der Waals surface area contributed by atoms with Gasteiger partial charge in [0, 0.05) is 18.7 Å². The van der Waals surface area contributed by atoms with Crippen molar-refractivity contribution in [3.05, 3.63) is 45.3 Å². The van der Waals surface area contributed by atoms with E-state index in [1.54, 1.807) is 0 Å². The van der Waals surface area contributed by atoms with Crippen LogP contribution in [0.15, 0.2) is 34.0 Å². The number of hydrogen-bond donors (Lipinski definition) is 2. The Kier molecular flexibility index (Phi) is 2.76. The lowest BCUT2D eigenvalue weighted by Crippen LogP contribution is -2.32. The number of nitrogens with zero attached hydrogens (tertiary/aromatic N) is 1. The third-order valence-electron chi connectivity index (χ3n) is 2.47. The number of rotatable bonds is 2. The summed E-state index contributed by atoms with van der Waals surface area (Å²) in [5, 5.41) is 8.95. The Hall–Kier alpha value is -1.66. The Labute approximate surface area is 90.8 Å². The van der Waals surface area contributed by atoms with Gasteiger partial charge in [-0.15, -0.1) is 0 Å². The molecule has 1 saturated heterocycles. The number of aliphatic hydroxyl groups excluding tert-OH is 1. The number of aliphatic hydroxyl groups is 1. The zero-order chi connectivity index (χ0) is 11.7. The Balaban J connectivity index is 2.35. The Morgan fingerprint density at radius 1 is 1.62 bits per heavy atom. The lowest BCUT2D eigenvalue weighted by Gasteiger charge is -2.14. The fourth-order valence-electron chi connectivity index (χ4n) is 1.70. The highest BCUT2D eigenvalue weighted by atomic mass is 16.5. The Bertz CT molecular complexity index is 516. The van der Waals surface area contributed by atoms with E-state index in [2.05, 4.69) is 11.6 Å². The standard InChI is InChI=1S/C10H12N2O4/c1-6-4-7(5-13)16-9(6)12-3-2-8(14)11-10(12)15/h2-3,7,9,13H,1,4-5H2,(H,11,14,15). The van der Waals surface area contributed by atoms with E-state index in [0.29, 0.717) is 12.0 Å². The zero-order valence-electron chi connectivity index (χ0n) is 8.55. The average molecular weight is 224 g/mol. The zero-order valence-corrected chi connectivity index (χ0v) is 8.55. The second-order valence-electron chi connectivity index (χ2n) is 3.67. The van der Waals surface area contributed by atoms with Gasteiger partial charge in [0.05, 0.1) is 12.7 Å². The maximum absolute atomic E-state index is 11.5. The topological polar surface area (TPSA) is 84.3 Å². The fourth-order valence-corrected chi connectivity index (χ4v) is 1.70. The SMILES string of the molecule is C=C1CC(CO)OC1n1ccc(=O)[nH]c1=O. The molecule has 1 aliphatic rings. The molecule has 2 N–H and O–H groups in total. The molecule has 86 valence electrons. The highest BCUT2D eigenvalue weighted by Crippen LogP contribution is 2.30. The molecular weight excluding hydrogens is 212 g/mol. The lowest BCUT2D eigenvalue weighted by molar-refractivity contribution is -0.0169. The van der Waals surface area contributed by atoms with Crippen molar-refractivity contribution in [2.45, 2.75) is 18.8 Å². The van der Waals surface area contributed by atoms with E-state index in [4.69, 9.17) is 9.84 Å². The molecule has 0 aromatic carbocycles. The molecule has 6 heteroatoms. The molecular formula is C10H12N2O4. The number of nitrogens with one attached hydrogen (secondary N) is 1. The number of hydrogen-bond acceptors (Lipinski definition) is 4. The highest BCUT2D eigenvalue weighted by Gasteiger charge is 2.30. The predicted molar refractivity (Wildman–Crippen MR) is 56.1 cm³/mol. The smallest absolute Gasteiger partial charge is 0.330 e. The summed E-state index contributed by atoms with van der Waals surface area (Å²) in [5.41, 5.74) is -0.297. The summed E-state index contributed by atoms with van der Waals surface area (Å²) < 4.78 is 6.67. The van der Waals surface area contributed by atoms with Crippen LogP contribution in [0.3, 0.4) is 0 Å². The number of aromatic amines is 1. The maximum Gasteiger partial charge on any atom is 0.330 e. The molecule has 1 aromatic heterocycles. The molecule has 2 heterocycles. The van der Waals surface area contributed by atoms with Gasteiger partial charge in [-0.2, -0.15) is 0 Å². The molecule has 0 bridgehead atoms. The first-order valence-electron chi connectivity index (χ1n) is 4.87. The Morgan fingerprint density at radius 3 is 2.94 bits per heavy atom. The Morgan fingerprint density at radius 2 is 2.38 bits per heavy atom. The van der Waals surface area contributed by atoms with Crippen molar-refractivity contribution < 1.29 is 9.84 Å². The minimum absolute atomic E-state index is 0.117. The van der Waals surface area contributed by atoms with E-state index in [1.807, 2.05) is 0 Å². The van der Waals surface area contributed by atoms with Gasteiger partial charge in [0.25, 0.3) is 5.56 Å². The average Bonchev–Trinajstić information content (AvgIpc) is 2.60. The molecule has 1 aliphatic heterocycles. The van der Waals surface area contributed by atoms with Crippen LogP contribution >= 0.6 is 0 Å². The quantitative estimate of drug-likeness (QED) is 0.655. The summed E-state index contributed by atoms with van der Waals surface area (Å²) >= 11 is 0. The first kappa shape index (κ1) is 10.8. The second kappa shape index (κ2) is 4.07. The van der Waals surface area contributed by atoms with Gasteiger partial charge in [-0.3, -0.25) is 14.3 Å². The summed E-state index contributed by atoms with van der Waals surface area (Å²) in [6.45, 7) is 3.67. The molecule has 1 aromatic rings. The third kappa shape index (κ3) is 1.84. The van der Waals surface area contributed by atoms with Crippen molar-refractivity contribution >= 4 is 0 Å². The van der Waals surface area contributed by atoms with Crippen LogP contribution in [0.5, 0.6) is 0 Å². The summed E-state index contributed by atoms with van der Waals surface area (Å²) in [4.78, 5) is 24.5. The van der Waals surface area contributed by atoms with E-state index in [9.17, 15) is 9.59 Å². The van der Waals surface area contributed by atoms with Gasteiger partial charge >= 0.3 is 5.69 Å². The van der Waals surface area contributed by atoms with Gasteiger partial charge < -0.3 is 9.84 Å². The van der Waals surface area contributed by atoms with Crippen LogP contribution < -0.4 is 11.2 Å². The molecule has 0 spiro atoms. The minimum atomic E-state index is -0.610. The molecule has 0 radical (unpaired) electrons. The van der Waals surface area contributed by atoms with Gasteiger partial charge in [-0.25, -0.2) is 4.79 Å². The van der Waals surface area contributed by atoms with E-state index >= 15 is 0 Å². The van der Waals surface area contributed by atoms with Crippen LogP contribution in [-0.2, 0) is 4.74 Å². The highest BCUT2D eigenvalue weighted by molar-refractivity contribution is 5.08. The molecule has 0 amide bonds. The number of ether oxygens (including phenoxy) is 1. The fraction of sp³-hybridized carbons (Fsp3) is 0.400. The van der Waals surface area contributed by atoms with Crippen LogP contribution in [0.25, 0.3) is 0 Å². The third-order valence-corrected chi connectivity index (χ3v) is 2.47. The molecule has 1 fully saturated rings. The number of H-pyrrole nitrogens is 1. The van der Waals surface area contributed by atoms with E-state index < -0.39 is 17.5 Å². The minimum Gasteiger partial charge on any atom is -0.394 e. The van der Waals surface area contributed by atoms with Gasteiger partial charge in [-0.1, -0.05) is 6.58 Å². The summed E-state index contributed by atoms with van der Waals surface area (Å²) in [6, 6.07) is 1.24. The summed E-state index contributed by atoms with van der Waals surface area (Å²) in [7, 11) is 0. The van der Waals surface area contributed by atoms with Gasteiger partial charge in [0.15, 0.2) is 6.23 Å². The molecule has 0 aliphatic carbocycles. The van der Waals surface area contributed by atoms with Crippen molar-refractivity contribution in [3.63, 3.8) is 0 Å². The van der Waals surface area contributed by atoms with Crippen LogP contribution in [0, 0.1) is 0 Å². The van der Waals surface area contributed by atoms with Crippen LogP contribution in [0.1, 0.15) is 12.6 Å². The van der Waals surface area contributed by atoms with Gasteiger partial charge in [0.2, 0.25) is 0 Å². The first-order valence-corrected chi connectivity index (χ1v) is 4.87. The van der Waals surface area contributed by atoms with Crippen LogP contribution in [0.4, 0.5) is 0 Å². The van der Waals surface area contributed by atoms with Crippen molar-refractivity contribution in [1.82, 2.24) is 9.55 Å². The summed E-state index contributed by atoms with van der Waals surface area (Å²) in [6.07, 6.45) is 0.918. The van der Waals surface area contributed by atoms with Crippen molar-refractivity contribution in [2.75, 3.05) is 6.61 Å². The van der Waals surface area contributed by atoms with E-state index in [1.165, 1.54) is 16.8 Å². The normalized spacial score (nSPS) is 24.9. The van der Waals surface area contributed by atoms with Crippen LogP contribution in [0.2, 0.25) is 0 Å². The molecule has 2 rings (SSSR count). The largest absolute Gasteiger partial charge is 0.394 e. The molecule has 2 atom stereocenters. The van der Waals surface area contributed by atoms with Crippen molar-refractivity contribution in [2.24, 2.45) is 0 Å². The predicted octanol–water partition coefficient (Wildman–Crippen LogP) is -0.627. The monoisotopic (exact) mass is 224 g/mol. The van der Waals surface area contributed by atoms with Crippen LogP contribution in [-0.4, -0.2) is 27.4 Å². The van der Waals surface area contributed by atoms with Gasteiger partial charge in [0.1, 0.15) is 0 Å². The molecule has 2 unspecified atom stereocenters. The summed E-state index contributed by atoms with van der Waals surface area (Å²) in [5.74, 6) is 0. The van der Waals surface area contributed by atoms with Crippen molar-refractivity contribution in [3.8, 4) is 0 Å². The van der Waals surface area contributed by atoms with Crippen molar-refractivity contribution in [1.29, 1.82) is 0 Å². The van der Waals surface area contributed by atoms with Gasteiger partial charge in [-0.05, 0) is 5.57 Å². The second-order valence-corrected chi connectivity index (χ2v) is 3.67. The van der Waals surface area contributed by atoms with E-state index in [0.717, 1.165) is 0 Å². The number of aromatic nitrogens is 2. The first-order chi connectivity index (χ1) is 7.61. The molecule has 6 nitrogen and oxygen atoms in total. The molecule has 0 saturated carbocycles. The maximum atomic E-state index is 11.5. The lowest BCUT2D eigenvalue weighted by atomic mass is 10.2. The van der Waals surface area contributed by atoms with E-state index in [-0.39, 0.29) is 12.7 Å². The molecule has 16 heavy (non-hydrogen) atoms.